The monoisotopic (exact) mass is 250 g/mol. The van der Waals surface area contributed by atoms with E-state index >= 15 is 0 Å². The molecule has 0 spiro atoms. The van der Waals surface area contributed by atoms with Crippen molar-refractivity contribution in [3.63, 3.8) is 0 Å². The van der Waals surface area contributed by atoms with Crippen molar-refractivity contribution in [3.05, 3.63) is 23.8 Å². The highest BCUT2D eigenvalue weighted by Crippen LogP contribution is 2.36. The lowest BCUT2D eigenvalue weighted by Crippen LogP contribution is -2.23. The number of ether oxygens (including phenoxy) is 2. The zero-order chi connectivity index (χ0) is 13.3. The van der Waals surface area contributed by atoms with E-state index in [1.807, 2.05) is 20.8 Å². The summed E-state index contributed by atoms with van der Waals surface area (Å²) in [7, 11) is 0. The number of benzene rings is 1. The highest BCUT2D eigenvalue weighted by Gasteiger charge is 2.26. The van der Waals surface area contributed by atoms with Gasteiger partial charge in [0.1, 0.15) is 5.60 Å². The molecule has 1 aromatic carbocycles. The maximum Gasteiger partial charge on any atom is 0.335 e. The van der Waals surface area contributed by atoms with Crippen LogP contribution in [0.1, 0.15) is 44.0 Å². The number of carboxylic acid groups (broad SMARTS) is 1. The normalized spacial score (nSPS) is 15.3. The maximum atomic E-state index is 11.0. The first kappa shape index (κ1) is 12.7. The van der Waals surface area contributed by atoms with Crippen LogP contribution in [0.3, 0.4) is 0 Å². The van der Waals surface area contributed by atoms with Crippen LogP contribution in [-0.4, -0.2) is 22.8 Å². The minimum absolute atomic E-state index is 0.205. The summed E-state index contributed by atoms with van der Waals surface area (Å²) in [6, 6.07) is 4.72. The standard InChI is InChI=1S/C14H18O4/c1-14(2,3)18-11-7-4-9(13(15)16)8-12(11)17-10-5-6-10/h4,7-8,10H,5-6H2,1-3H3,(H,15,16). The summed E-state index contributed by atoms with van der Waals surface area (Å²) in [4.78, 5) is 11.0. The van der Waals surface area contributed by atoms with E-state index in [1.165, 1.54) is 12.1 Å². The second-order valence-electron chi connectivity index (χ2n) is 5.50. The fourth-order valence-electron chi connectivity index (χ4n) is 1.51. The summed E-state index contributed by atoms with van der Waals surface area (Å²) >= 11 is 0. The third kappa shape index (κ3) is 3.39. The quantitative estimate of drug-likeness (QED) is 0.892. The summed E-state index contributed by atoms with van der Waals surface area (Å²) < 4.78 is 11.5. The molecule has 2 rings (SSSR count). The molecule has 0 heterocycles. The van der Waals surface area contributed by atoms with Crippen molar-refractivity contribution in [1.29, 1.82) is 0 Å². The molecular formula is C14H18O4. The maximum absolute atomic E-state index is 11.0. The Balaban J connectivity index is 2.28. The molecule has 4 heteroatoms. The zero-order valence-corrected chi connectivity index (χ0v) is 10.9. The van der Waals surface area contributed by atoms with E-state index in [-0.39, 0.29) is 17.3 Å². The number of rotatable bonds is 4. The Morgan fingerprint density at radius 1 is 1.28 bits per heavy atom. The van der Waals surface area contributed by atoms with Crippen molar-refractivity contribution in [3.8, 4) is 11.5 Å². The third-order valence-corrected chi connectivity index (χ3v) is 2.42. The molecule has 1 N–H and O–H groups in total. The second kappa shape index (κ2) is 4.52. The van der Waals surface area contributed by atoms with Crippen LogP contribution < -0.4 is 9.47 Å². The van der Waals surface area contributed by atoms with Crippen LogP contribution in [-0.2, 0) is 0 Å². The average Bonchev–Trinajstić information content (AvgIpc) is 3.02. The molecule has 98 valence electrons. The molecule has 0 atom stereocenters. The second-order valence-corrected chi connectivity index (χ2v) is 5.50. The van der Waals surface area contributed by atoms with Crippen molar-refractivity contribution >= 4 is 5.97 Å². The topological polar surface area (TPSA) is 55.8 Å². The van der Waals surface area contributed by atoms with Gasteiger partial charge in [-0.1, -0.05) is 0 Å². The predicted molar refractivity (Wildman–Crippen MR) is 67.4 cm³/mol. The largest absolute Gasteiger partial charge is 0.487 e. The Morgan fingerprint density at radius 2 is 1.94 bits per heavy atom. The minimum Gasteiger partial charge on any atom is -0.487 e. The third-order valence-electron chi connectivity index (χ3n) is 2.42. The first-order valence-corrected chi connectivity index (χ1v) is 6.08. The molecule has 0 saturated heterocycles. The molecule has 4 nitrogen and oxygen atoms in total. The molecule has 1 aromatic rings. The molecule has 1 aliphatic rings. The van der Waals surface area contributed by atoms with Gasteiger partial charge in [0, 0.05) is 0 Å². The van der Waals surface area contributed by atoms with E-state index < -0.39 is 5.97 Å². The van der Waals surface area contributed by atoms with E-state index in [1.54, 1.807) is 6.07 Å². The molecule has 0 aromatic heterocycles. The van der Waals surface area contributed by atoms with Gasteiger partial charge in [0.25, 0.3) is 0 Å². The van der Waals surface area contributed by atoms with Crippen molar-refractivity contribution < 1.29 is 19.4 Å². The Labute approximate surface area is 107 Å². The van der Waals surface area contributed by atoms with Crippen molar-refractivity contribution in [2.45, 2.75) is 45.3 Å². The molecule has 1 fully saturated rings. The van der Waals surface area contributed by atoms with Crippen molar-refractivity contribution in [2.24, 2.45) is 0 Å². The highest BCUT2D eigenvalue weighted by molar-refractivity contribution is 5.88. The van der Waals surface area contributed by atoms with Crippen LogP contribution in [0.5, 0.6) is 11.5 Å². The zero-order valence-electron chi connectivity index (χ0n) is 10.9. The lowest BCUT2D eigenvalue weighted by Gasteiger charge is -2.23. The van der Waals surface area contributed by atoms with E-state index in [9.17, 15) is 4.79 Å². The van der Waals surface area contributed by atoms with Gasteiger partial charge < -0.3 is 14.6 Å². The summed E-state index contributed by atoms with van der Waals surface area (Å²) in [6.07, 6.45) is 2.25. The van der Waals surface area contributed by atoms with Gasteiger partial charge in [-0.25, -0.2) is 4.79 Å². The lowest BCUT2D eigenvalue weighted by molar-refractivity contribution is 0.0696. The van der Waals surface area contributed by atoms with Crippen LogP contribution in [0.2, 0.25) is 0 Å². The van der Waals surface area contributed by atoms with Gasteiger partial charge in [0.05, 0.1) is 11.7 Å². The van der Waals surface area contributed by atoms with Gasteiger partial charge in [-0.3, -0.25) is 0 Å². The van der Waals surface area contributed by atoms with E-state index in [2.05, 4.69) is 0 Å². The van der Waals surface area contributed by atoms with E-state index in [0.717, 1.165) is 12.8 Å². The Morgan fingerprint density at radius 3 is 2.44 bits per heavy atom. The lowest BCUT2D eigenvalue weighted by atomic mass is 10.1. The number of carboxylic acids is 1. The molecular weight excluding hydrogens is 232 g/mol. The minimum atomic E-state index is -0.960. The molecule has 0 aliphatic heterocycles. The van der Waals surface area contributed by atoms with E-state index in [4.69, 9.17) is 14.6 Å². The van der Waals surface area contributed by atoms with Gasteiger partial charge in [-0.15, -0.1) is 0 Å². The Kier molecular flexibility index (Phi) is 3.20. The summed E-state index contributed by atoms with van der Waals surface area (Å²) in [5, 5.41) is 8.99. The first-order valence-electron chi connectivity index (χ1n) is 6.08. The molecule has 0 amide bonds. The van der Waals surface area contributed by atoms with Crippen LogP contribution in [0.4, 0.5) is 0 Å². The van der Waals surface area contributed by atoms with Gasteiger partial charge in [-0.05, 0) is 51.8 Å². The summed E-state index contributed by atoms with van der Waals surface area (Å²) in [5.74, 6) is 0.157. The number of hydrogen-bond acceptors (Lipinski definition) is 3. The van der Waals surface area contributed by atoms with Gasteiger partial charge in [0.2, 0.25) is 0 Å². The molecule has 18 heavy (non-hydrogen) atoms. The van der Waals surface area contributed by atoms with Gasteiger partial charge in [-0.2, -0.15) is 0 Å². The number of aromatic carboxylic acids is 1. The average molecular weight is 250 g/mol. The number of hydrogen-bond donors (Lipinski definition) is 1. The van der Waals surface area contributed by atoms with Crippen LogP contribution in [0.15, 0.2) is 18.2 Å². The highest BCUT2D eigenvalue weighted by atomic mass is 16.5. The molecule has 1 saturated carbocycles. The molecule has 0 bridgehead atoms. The fraction of sp³-hybridized carbons (Fsp3) is 0.500. The molecule has 0 unspecified atom stereocenters. The Bertz CT molecular complexity index is 455. The SMILES string of the molecule is CC(C)(C)Oc1ccc(C(=O)O)cc1OC1CC1. The molecule has 0 radical (unpaired) electrons. The van der Waals surface area contributed by atoms with Gasteiger partial charge in [0.15, 0.2) is 11.5 Å². The van der Waals surface area contributed by atoms with Crippen molar-refractivity contribution in [1.82, 2.24) is 0 Å². The number of carbonyl (C=O) groups is 1. The van der Waals surface area contributed by atoms with Gasteiger partial charge >= 0.3 is 5.97 Å². The van der Waals surface area contributed by atoms with Crippen LogP contribution in [0, 0.1) is 0 Å². The summed E-state index contributed by atoms with van der Waals surface area (Å²) in [6.45, 7) is 5.83. The fourth-order valence-corrected chi connectivity index (χ4v) is 1.51. The molecule has 1 aliphatic carbocycles. The van der Waals surface area contributed by atoms with Crippen LogP contribution >= 0.6 is 0 Å². The smallest absolute Gasteiger partial charge is 0.335 e. The van der Waals surface area contributed by atoms with Crippen molar-refractivity contribution in [2.75, 3.05) is 0 Å². The first-order chi connectivity index (χ1) is 8.35. The van der Waals surface area contributed by atoms with Crippen LogP contribution in [0.25, 0.3) is 0 Å². The Hall–Kier alpha value is -1.71. The van der Waals surface area contributed by atoms with E-state index in [0.29, 0.717) is 11.5 Å². The predicted octanol–water partition coefficient (Wildman–Crippen LogP) is 3.10. The summed E-state index contributed by atoms with van der Waals surface area (Å²) in [5.41, 5.74) is -0.126.